The molecule has 122 valence electrons. The first-order chi connectivity index (χ1) is 11.1. The highest BCUT2D eigenvalue weighted by atomic mass is 32.1. The molecule has 0 saturated heterocycles. The summed E-state index contributed by atoms with van der Waals surface area (Å²) in [5.41, 5.74) is 9.79. The number of hydrogen-bond acceptors (Lipinski definition) is 4. The van der Waals surface area contributed by atoms with Crippen LogP contribution >= 0.6 is 11.3 Å². The molecule has 0 spiro atoms. The Hall–Kier alpha value is -1.85. The molecule has 4 nitrogen and oxygen atoms in total. The van der Waals surface area contributed by atoms with Crippen molar-refractivity contribution >= 4 is 28.5 Å². The Morgan fingerprint density at radius 3 is 2.96 bits per heavy atom. The van der Waals surface area contributed by atoms with Crippen molar-refractivity contribution in [2.45, 2.75) is 12.8 Å². The average molecular weight is 328 g/mol. The van der Waals surface area contributed by atoms with Crippen LogP contribution in [0.4, 0.5) is 11.4 Å². The highest BCUT2D eigenvalue weighted by Gasteiger charge is 2.19. The van der Waals surface area contributed by atoms with Gasteiger partial charge in [0.15, 0.2) is 0 Å². The Bertz CT molecular complexity index is 676. The van der Waals surface area contributed by atoms with Gasteiger partial charge in [-0.1, -0.05) is 12.1 Å². The molecule has 2 heterocycles. The van der Waals surface area contributed by atoms with Crippen molar-refractivity contribution in [3.63, 3.8) is 0 Å². The Balaban J connectivity index is 1.75. The lowest BCUT2D eigenvalue weighted by molar-refractivity contribution is 0.401. The van der Waals surface area contributed by atoms with Gasteiger partial charge in [0, 0.05) is 18.8 Å². The fourth-order valence-corrected chi connectivity index (χ4v) is 3.56. The van der Waals surface area contributed by atoms with Crippen LogP contribution in [0.1, 0.15) is 16.9 Å². The normalized spacial score (nSPS) is 14.6. The van der Waals surface area contributed by atoms with Crippen LogP contribution in [0.3, 0.4) is 0 Å². The van der Waals surface area contributed by atoms with Gasteiger partial charge in [-0.05, 0) is 62.6 Å². The van der Waals surface area contributed by atoms with Gasteiger partial charge in [0.25, 0.3) is 0 Å². The summed E-state index contributed by atoms with van der Waals surface area (Å²) in [7, 11) is 4.25. The molecule has 0 saturated carbocycles. The van der Waals surface area contributed by atoms with Gasteiger partial charge >= 0.3 is 0 Å². The van der Waals surface area contributed by atoms with Crippen molar-refractivity contribution < 1.29 is 0 Å². The monoisotopic (exact) mass is 328 g/mol. The van der Waals surface area contributed by atoms with Gasteiger partial charge < -0.3 is 15.5 Å². The van der Waals surface area contributed by atoms with Gasteiger partial charge in [-0.15, -0.1) is 11.3 Å². The van der Waals surface area contributed by atoms with Gasteiger partial charge in [0.1, 0.15) is 5.84 Å². The second-order valence-corrected chi connectivity index (χ2v) is 7.13. The number of amidine groups is 1. The van der Waals surface area contributed by atoms with E-state index in [9.17, 15) is 0 Å². The molecule has 1 aromatic heterocycles. The summed E-state index contributed by atoms with van der Waals surface area (Å²) in [4.78, 5) is 10.3. The molecule has 0 fully saturated rings. The molecule has 1 aromatic carbocycles. The zero-order valence-corrected chi connectivity index (χ0v) is 14.6. The molecule has 0 bridgehead atoms. The summed E-state index contributed by atoms with van der Waals surface area (Å²) < 4.78 is 0. The van der Waals surface area contributed by atoms with E-state index < -0.39 is 0 Å². The Labute approximate surface area is 142 Å². The standard InChI is InChI=1S/C18H24N4S/c1-21(2)9-4-10-22-11-8-14-6-7-15(13-16(14)22)20-18(19)17-5-3-12-23-17/h3,5-7,12-13H,4,8-11H2,1-2H3,(H2,19,20). The van der Waals surface area contributed by atoms with E-state index >= 15 is 0 Å². The number of nitrogens with two attached hydrogens (primary N) is 1. The lowest BCUT2D eigenvalue weighted by Crippen LogP contribution is -2.25. The molecule has 1 aliphatic rings. The van der Waals surface area contributed by atoms with Crippen LogP contribution in [-0.2, 0) is 6.42 Å². The number of fused-ring (bicyclic) bond motifs is 1. The zero-order chi connectivity index (χ0) is 16.2. The molecule has 0 atom stereocenters. The minimum Gasteiger partial charge on any atom is -0.383 e. The number of benzene rings is 1. The molecule has 0 aliphatic carbocycles. The number of hydrogen-bond donors (Lipinski definition) is 1. The molecule has 23 heavy (non-hydrogen) atoms. The van der Waals surface area contributed by atoms with Crippen molar-refractivity contribution in [2.24, 2.45) is 10.7 Å². The molecular formula is C18H24N4S. The van der Waals surface area contributed by atoms with Crippen LogP contribution in [0.25, 0.3) is 0 Å². The zero-order valence-electron chi connectivity index (χ0n) is 13.8. The molecule has 3 rings (SSSR count). The Morgan fingerprint density at radius 1 is 1.35 bits per heavy atom. The summed E-state index contributed by atoms with van der Waals surface area (Å²) in [5.74, 6) is 0.595. The third kappa shape index (κ3) is 3.92. The van der Waals surface area contributed by atoms with Crippen molar-refractivity contribution in [3.05, 3.63) is 46.2 Å². The maximum absolute atomic E-state index is 6.11. The van der Waals surface area contributed by atoms with Crippen LogP contribution in [0.2, 0.25) is 0 Å². The van der Waals surface area contributed by atoms with Crippen LogP contribution in [-0.4, -0.2) is 44.5 Å². The van der Waals surface area contributed by atoms with Crippen molar-refractivity contribution in [1.29, 1.82) is 0 Å². The van der Waals surface area contributed by atoms with E-state index in [1.54, 1.807) is 11.3 Å². The number of rotatable bonds is 6. The quantitative estimate of drug-likeness (QED) is 0.655. The van der Waals surface area contributed by atoms with E-state index in [-0.39, 0.29) is 0 Å². The summed E-state index contributed by atoms with van der Waals surface area (Å²) >= 11 is 1.62. The first-order valence-electron chi connectivity index (χ1n) is 8.04. The average Bonchev–Trinajstić information content (AvgIpc) is 3.17. The lowest BCUT2D eigenvalue weighted by atomic mass is 10.1. The predicted molar refractivity (Wildman–Crippen MR) is 100 cm³/mol. The van der Waals surface area contributed by atoms with Gasteiger partial charge in [-0.25, -0.2) is 4.99 Å². The molecule has 0 radical (unpaired) electrons. The highest BCUT2D eigenvalue weighted by molar-refractivity contribution is 7.12. The molecular weight excluding hydrogens is 304 g/mol. The molecule has 2 N–H and O–H groups in total. The number of anilines is 1. The SMILES string of the molecule is CN(C)CCCN1CCc2ccc(N=C(N)c3cccs3)cc21. The van der Waals surface area contributed by atoms with Gasteiger partial charge in [0.05, 0.1) is 10.6 Å². The largest absolute Gasteiger partial charge is 0.383 e. The van der Waals surface area contributed by atoms with Gasteiger partial charge in [-0.3, -0.25) is 0 Å². The second-order valence-electron chi connectivity index (χ2n) is 6.18. The summed E-state index contributed by atoms with van der Waals surface area (Å²) in [6.07, 6.45) is 2.30. The molecule has 1 aliphatic heterocycles. The topological polar surface area (TPSA) is 44.9 Å². The number of nitrogens with zero attached hydrogens (tertiary/aromatic N) is 3. The number of aliphatic imine (C=N–C) groups is 1. The van der Waals surface area contributed by atoms with Crippen LogP contribution in [0.15, 0.2) is 40.7 Å². The first kappa shape index (κ1) is 16.0. The summed E-state index contributed by atoms with van der Waals surface area (Å²) in [6, 6.07) is 10.4. The second kappa shape index (κ2) is 7.15. The van der Waals surface area contributed by atoms with E-state index in [1.807, 2.05) is 17.5 Å². The predicted octanol–water partition coefficient (Wildman–Crippen LogP) is 3.10. The Morgan fingerprint density at radius 2 is 2.22 bits per heavy atom. The van der Waals surface area contributed by atoms with E-state index in [4.69, 9.17) is 5.73 Å². The van der Waals surface area contributed by atoms with E-state index in [1.165, 1.54) is 17.7 Å². The van der Waals surface area contributed by atoms with E-state index in [2.05, 4.69) is 47.1 Å². The van der Waals surface area contributed by atoms with Gasteiger partial charge in [-0.2, -0.15) is 0 Å². The van der Waals surface area contributed by atoms with E-state index in [0.717, 1.165) is 36.6 Å². The summed E-state index contributed by atoms with van der Waals surface area (Å²) in [5, 5.41) is 2.02. The third-order valence-electron chi connectivity index (χ3n) is 4.12. The lowest BCUT2D eigenvalue weighted by Gasteiger charge is -2.20. The van der Waals surface area contributed by atoms with E-state index in [0.29, 0.717) is 5.84 Å². The smallest absolute Gasteiger partial charge is 0.141 e. The Kier molecular flexibility index (Phi) is 4.98. The maximum atomic E-state index is 6.11. The highest BCUT2D eigenvalue weighted by Crippen LogP contribution is 2.32. The van der Waals surface area contributed by atoms with Crippen molar-refractivity contribution in [3.8, 4) is 0 Å². The van der Waals surface area contributed by atoms with Crippen LogP contribution < -0.4 is 10.6 Å². The fraction of sp³-hybridized carbons (Fsp3) is 0.389. The molecule has 2 aromatic rings. The number of thiophene rings is 1. The van der Waals surface area contributed by atoms with Gasteiger partial charge in [0.2, 0.25) is 0 Å². The fourth-order valence-electron chi connectivity index (χ4n) is 2.93. The molecule has 0 unspecified atom stereocenters. The van der Waals surface area contributed by atoms with Crippen molar-refractivity contribution in [2.75, 3.05) is 38.6 Å². The molecule has 0 amide bonds. The van der Waals surface area contributed by atoms with Crippen molar-refractivity contribution in [1.82, 2.24) is 4.90 Å². The van der Waals surface area contributed by atoms with Crippen LogP contribution in [0, 0.1) is 0 Å². The molecule has 5 heteroatoms. The third-order valence-corrected chi connectivity index (χ3v) is 5.01. The maximum Gasteiger partial charge on any atom is 0.141 e. The first-order valence-corrected chi connectivity index (χ1v) is 8.92. The van der Waals surface area contributed by atoms with Crippen LogP contribution in [0.5, 0.6) is 0 Å². The minimum atomic E-state index is 0.595. The summed E-state index contributed by atoms with van der Waals surface area (Å²) in [6.45, 7) is 3.32. The minimum absolute atomic E-state index is 0.595.